The van der Waals surface area contributed by atoms with Gasteiger partial charge in [-0.1, -0.05) is 70.9 Å². The first-order valence-electron chi connectivity index (χ1n) is 30.1. The molecular formula is C57H98N16O15. The van der Waals surface area contributed by atoms with Gasteiger partial charge >= 0.3 is 0 Å². The number of nitrogens with one attached hydrogen (secondary N) is 12. The summed E-state index contributed by atoms with van der Waals surface area (Å²) in [4.78, 5) is 167. The number of carbonyl (C=O) groups excluding carboxylic acids is 12. The summed E-state index contributed by atoms with van der Waals surface area (Å²) in [6.45, 7) is 7.55. The van der Waals surface area contributed by atoms with E-state index in [1.807, 2.05) is 0 Å². The Balaban J connectivity index is 2.74. The van der Waals surface area contributed by atoms with Crippen LogP contribution in [0.2, 0.25) is 0 Å². The fourth-order valence-corrected chi connectivity index (χ4v) is 9.22. The van der Waals surface area contributed by atoms with E-state index in [0.717, 1.165) is 19.8 Å². The van der Waals surface area contributed by atoms with E-state index in [0.29, 0.717) is 17.9 Å². The number of unbranched alkanes of at least 4 members (excludes halogenated alkanes) is 1. The Kier molecular flexibility index (Phi) is 35.7. The van der Waals surface area contributed by atoms with E-state index >= 15 is 0 Å². The average Bonchev–Trinajstić information content (AvgIpc) is 3.66. The molecular weight excluding hydrogens is 1150 g/mol. The molecule has 12 atom stereocenters. The van der Waals surface area contributed by atoms with E-state index < -0.39 is 163 Å². The molecule has 1 aliphatic heterocycles. The van der Waals surface area contributed by atoms with Gasteiger partial charge in [0.25, 0.3) is 0 Å². The second-order valence-corrected chi connectivity index (χ2v) is 22.6. The lowest BCUT2D eigenvalue weighted by atomic mass is 10.00. The first-order valence-corrected chi connectivity index (χ1v) is 30.1. The SMILES string of the molecule is CC(C)CCCCC(=O)N[C@@H](CCN)C(=O)N[C@H](C(=O)N[C@@H](CCN)C(=O)N[C@H]1CCNC(=O)[C@H]([C@@H](C)O)NC(=O)[C@H](CCNC(=O)CO)NC(=O)[C@H](CCN)NC(=O)[C@H](CC(C)C)NC(=O)[C@@H](Cc2ccccc2)NC(=O)[C@H](CCN)NC1=O)[C@@H](C)O. The standard InChI is InChI=1S/C57H98N16O15/c1-31(2)12-10-11-15-44(77)64-36(16-22-58)52(83)73-47(34(6)76)57(88)69-39(19-25-61)49(80)67-40-21-27-63-56(87)46(33(5)75)72-53(84)41(20-26-62-45(78)30-74)68-48(79)37(17-23-59)66-54(85)42(28-32(3)4)70-55(86)43(29-35-13-8-7-9-14-35)71-50(81)38(18-24-60)65-51(40)82/h7-9,13-14,31-34,36-43,46-47,74-76H,10-12,15-30,58-61H2,1-6H3,(H,62,78)(H,63,87)(H,64,77)(H,65,82)(H,66,85)(H,67,80)(H,68,79)(H,69,88)(H,70,86)(H,71,81)(H,72,84)(H,73,83)/t33-,34-,36+,37+,38+,39+,40+,41+,42+,43-,46+,47+/m1/s1. The van der Waals surface area contributed by atoms with Crippen LogP contribution in [0.3, 0.4) is 0 Å². The zero-order valence-electron chi connectivity index (χ0n) is 51.5. The highest BCUT2D eigenvalue weighted by Gasteiger charge is 2.38. The maximum absolute atomic E-state index is 14.6. The summed E-state index contributed by atoms with van der Waals surface area (Å²) in [6, 6.07) is -6.91. The molecule has 2 rings (SSSR count). The smallest absolute Gasteiger partial charge is 0.245 e. The monoisotopic (exact) mass is 1250 g/mol. The molecule has 1 saturated heterocycles. The molecule has 31 heteroatoms. The lowest BCUT2D eigenvalue weighted by Gasteiger charge is -2.29. The van der Waals surface area contributed by atoms with Crippen molar-refractivity contribution < 1.29 is 72.9 Å². The molecule has 12 amide bonds. The van der Waals surface area contributed by atoms with Gasteiger partial charge in [-0.15, -0.1) is 0 Å². The van der Waals surface area contributed by atoms with Gasteiger partial charge in [0.05, 0.1) is 12.2 Å². The lowest BCUT2D eigenvalue weighted by Crippen LogP contribution is -2.62. The Morgan fingerprint density at radius 2 is 1.08 bits per heavy atom. The van der Waals surface area contributed by atoms with Gasteiger partial charge in [-0.2, -0.15) is 0 Å². The van der Waals surface area contributed by atoms with Gasteiger partial charge in [0.1, 0.15) is 67.0 Å². The van der Waals surface area contributed by atoms with E-state index in [-0.39, 0.29) is 90.0 Å². The largest absolute Gasteiger partial charge is 0.391 e. The fraction of sp³-hybridized carbons (Fsp3) is 0.684. The number of carbonyl (C=O) groups is 12. The van der Waals surface area contributed by atoms with E-state index in [1.54, 1.807) is 44.2 Å². The minimum absolute atomic E-state index is 0.000889. The number of aliphatic hydroxyl groups excluding tert-OH is 3. The van der Waals surface area contributed by atoms with E-state index in [4.69, 9.17) is 22.9 Å². The van der Waals surface area contributed by atoms with Gasteiger partial charge < -0.3 is 102 Å². The minimum atomic E-state index is -1.78. The number of hydrogen-bond donors (Lipinski definition) is 19. The molecule has 23 N–H and O–H groups in total. The second kappa shape index (κ2) is 40.9. The van der Waals surface area contributed by atoms with Crippen LogP contribution in [0.4, 0.5) is 0 Å². The highest BCUT2D eigenvalue weighted by atomic mass is 16.3. The third-order valence-corrected chi connectivity index (χ3v) is 14.1. The molecule has 0 bridgehead atoms. The summed E-state index contributed by atoms with van der Waals surface area (Å²) in [7, 11) is 0. The van der Waals surface area contributed by atoms with Gasteiger partial charge in [-0.3, -0.25) is 57.5 Å². The van der Waals surface area contributed by atoms with Crippen LogP contribution in [0, 0.1) is 11.8 Å². The number of rotatable bonds is 30. The predicted molar refractivity (Wildman–Crippen MR) is 323 cm³/mol. The molecule has 1 fully saturated rings. The molecule has 1 aromatic carbocycles. The molecule has 0 aliphatic carbocycles. The van der Waals surface area contributed by atoms with Crippen LogP contribution < -0.4 is 86.7 Å². The summed E-state index contributed by atoms with van der Waals surface area (Å²) < 4.78 is 0. The first-order chi connectivity index (χ1) is 41.7. The van der Waals surface area contributed by atoms with Crippen molar-refractivity contribution in [2.24, 2.45) is 34.8 Å². The molecule has 0 aromatic heterocycles. The topological polar surface area (TPSA) is 514 Å². The van der Waals surface area contributed by atoms with E-state index in [1.165, 1.54) is 6.92 Å². The van der Waals surface area contributed by atoms with Crippen LogP contribution in [0.25, 0.3) is 0 Å². The van der Waals surface area contributed by atoms with Crippen molar-refractivity contribution in [1.29, 1.82) is 0 Å². The van der Waals surface area contributed by atoms with Crippen LogP contribution in [0.15, 0.2) is 30.3 Å². The van der Waals surface area contributed by atoms with Gasteiger partial charge in [-0.05, 0) is 109 Å². The first kappa shape index (κ1) is 76.7. The zero-order valence-corrected chi connectivity index (χ0v) is 51.5. The minimum Gasteiger partial charge on any atom is -0.391 e. The average molecular weight is 1250 g/mol. The Bertz CT molecular complexity index is 2440. The number of amides is 12. The Morgan fingerprint density at radius 1 is 0.557 bits per heavy atom. The summed E-state index contributed by atoms with van der Waals surface area (Å²) in [5.74, 6) is -10.9. The maximum atomic E-state index is 14.6. The molecule has 31 nitrogen and oxygen atoms in total. The molecule has 0 radical (unpaired) electrons. The number of benzene rings is 1. The quantitative estimate of drug-likeness (QED) is 0.0319. The molecule has 0 unspecified atom stereocenters. The van der Waals surface area contributed by atoms with Gasteiger partial charge in [0, 0.05) is 25.9 Å². The summed E-state index contributed by atoms with van der Waals surface area (Å²) in [6.07, 6.45) is -2.68. The van der Waals surface area contributed by atoms with Crippen molar-refractivity contribution in [3.05, 3.63) is 35.9 Å². The van der Waals surface area contributed by atoms with Crippen LogP contribution in [-0.2, 0) is 64.0 Å². The predicted octanol–water partition coefficient (Wildman–Crippen LogP) is -6.49. The van der Waals surface area contributed by atoms with Crippen molar-refractivity contribution in [2.75, 3.05) is 45.9 Å². The van der Waals surface area contributed by atoms with Gasteiger partial charge in [0.2, 0.25) is 70.9 Å². The highest BCUT2D eigenvalue weighted by molar-refractivity contribution is 5.99. The molecule has 0 saturated carbocycles. The van der Waals surface area contributed by atoms with Crippen molar-refractivity contribution in [3.8, 4) is 0 Å². The van der Waals surface area contributed by atoms with Crippen LogP contribution in [0.5, 0.6) is 0 Å². The molecule has 1 heterocycles. The molecule has 88 heavy (non-hydrogen) atoms. The Hall–Kier alpha value is -7.42. The summed E-state index contributed by atoms with van der Waals surface area (Å²) >= 11 is 0. The van der Waals surface area contributed by atoms with Gasteiger partial charge in [-0.25, -0.2) is 0 Å². The number of nitrogens with two attached hydrogens (primary N) is 4. The van der Waals surface area contributed by atoms with E-state index in [9.17, 15) is 72.9 Å². The Labute approximate surface area is 513 Å². The van der Waals surface area contributed by atoms with Crippen molar-refractivity contribution in [3.63, 3.8) is 0 Å². The molecule has 0 spiro atoms. The van der Waals surface area contributed by atoms with Gasteiger partial charge in [0.15, 0.2) is 0 Å². The number of aliphatic hydroxyl groups is 3. The second-order valence-electron chi connectivity index (χ2n) is 22.6. The van der Waals surface area contributed by atoms with Crippen LogP contribution in [0.1, 0.15) is 118 Å². The van der Waals surface area contributed by atoms with Crippen LogP contribution >= 0.6 is 0 Å². The third kappa shape index (κ3) is 28.2. The highest BCUT2D eigenvalue weighted by Crippen LogP contribution is 2.13. The normalized spacial score (nSPS) is 22.1. The lowest BCUT2D eigenvalue weighted by molar-refractivity contribution is -0.137. The van der Waals surface area contributed by atoms with Crippen molar-refractivity contribution >= 4 is 70.9 Å². The summed E-state index contributed by atoms with van der Waals surface area (Å²) in [5.41, 5.74) is 24.1. The maximum Gasteiger partial charge on any atom is 0.245 e. The molecule has 1 aromatic rings. The van der Waals surface area contributed by atoms with Crippen molar-refractivity contribution in [2.45, 2.75) is 191 Å². The Morgan fingerprint density at radius 3 is 1.61 bits per heavy atom. The zero-order chi connectivity index (χ0) is 66.0. The molecule has 1 aliphatic rings. The number of hydrogen-bond acceptors (Lipinski definition) is 19. The third-order valence-electron chi connectivity index (χ3n) is 14.1. The van der Waals surface area contributed by atoms with Crippen molar-refractivity contribution in [1.82, 2.24) is 63.8 Å². The molecule has 496 valence electrons. The van der Waals surface area contributed by atoms with Crippen LogP contribution in [-0.4, -0.2) is 205 Å². The van der Waals surface area contributed by atoms with E-state index in [2.05, 4.69) is 77.6 Å². The fourth-order valence-electron chi connectivity index (χ4n) is 9.22. The summed E-state index contributed by atoms with van der Waals surface area (Å²) in [5, 5.41) is 61.1.